The van der Waals surface area contributed by atoms with Crippen LogP contribution < -0.4 is 4.74 Å². The Morgan fingerprint density at radius 2 is 1.71 bits per heavy atom. The summed E-state index contributed by atoms with van der Waals surface area (Å²) in [5, 5.41) is 2.58. The first-order valence-corrected chi connectivity index (χ1v) is 6.02. The van der Waals surface area contributed by atoms with Crippen LogP contribution >= 0.6 is 0 Å². The van der Waals surface area contributed by atoms with E-state index in [0.29, 0.717) is 0 Å². The van der Waals surface area contributed by atoms with Gasteiger partial charge in [0.2, 0.25) is 0 Å². The number of hydrogen-bond donors (Lipinski definition) is 0. The van der Waals surface area contributed by atoms with Crippen molar-refractivity contribution in [3.63, 3.8) is 0 Å². The van der Waals surface area contributed by atoms with Crippen molar-refractivity contribution in [1.29, 1.82) is 0 Å². The van der Waals surface area contributed by atoms with Crippen LogP contribution in [0.3, 0.4) is 0 Å². The summed E-state index contributed by atoms with van der Waals surface area (Å²) < 4.78 is 5.49. The van der Waals surface area contributed by atoms with Gasteiger partial charge in [-0.3, -0.25) is 0 Å². The molecule has 0 N–H and O–H groups in total. The number of ether oxygens (including phenoxy) is 1. The van der Waals surface area contributed by atoms with E-state index in [0.717, 1.165) is 5.75 Å². The second-order valence-corrected chi connectivity index (χ2v) is 5.55. The lowest BCUT2D eigenvalue weighted by Crippen LogP contribution is -2.14. The molecular weight excluding hydrogens is 208 g/mol. The molecule has 0 aliphatic carbocycles. The quantitative estimate of drug-likeness (QED) is 0.700. The third-order valence-electron chi connectivity index (χ3n) is 3.23. The fourth-order valence-corrected chi connectivity index (χ4v) is 2.60. The molecule has 0 radical (unpaired) electrons. The lowest BCUT2D eigenvalue weighted by molar-refractivity contribution is 0.410. The molecule has 0 atom stereocenters. The SMILES string of the molecule is COc1cc2ccccc2c(C(C)(C)C)c1C. The average Bonchev–Trinajstić information content (AvgIpc) is 2.26. The Balaban J connectivity index is 2.90. The largest absolute Gasteiger partial charge is 0.496 e. The van der Waals surface area contributed by atoms with Crippen molar-refractivity contribution in [1.82, 2.24) is 0 Å². The van der Waals surface area contributed by atoms with Gasteiger partial charge in [0.15, 0.2) is 0 Å². The van der Waals surface area contributed by atoms with Gasteiger partial charge in [0.25, 0.3) is 0 Å². The maximum Gasteiger partial charge on any atom is 0.122 e. The van der Waals surface area contributed by atoms with Gasteiger partial charge in [-0.1, -0.05) is 45.0 Å². The minimum absolute atomic E-state index is 0.123. The predicted molar refractivity (Wildman–Crippen MR) is 73.9 cm³/mol. The molecule has 0 unspecified atom stereocenters. The Kier molecular flexibility index (Phi) is 2.86. The Morgan fingerprint density at radius 3 is 2.29 bits per heavy atom. The van der Waals surface area contributed by atoms with Crippen molar-refractivity contribution in [2.24, 2.45) is 0 Å². The molecule has 1 nitrogen and oxygen atoms in total. The van der Waals surface area contributed by atoms with Gasteiger partial charge in [-0.2, -0.15) is 0 Å². The summed E-state index contributed by atoms with van der Waals surface area (Å²) in [5.41, 5.74) is 2.75. The minimum Gasteiger partial charge on any atom is -0.496 e. The van der Waals surface area contributed by atoms with E-state index in [-0.39, 0.29) is 5.41 Å². The Hall–Kier alpha value is -1.50. The zero-order chi connectivity index (χ0) is 12.6. The molecule has 0 saturated carbocycles. The smallest absolute Gasteiger partial charge is 0.122 e. The summed E-state index contributed by atoms with van der Waals surface area (Å²) in [7, 11) is 1.74. The van der Waals surface area contributed by atoms with Gasteiger partial charge in [-0.05, 0) is 40.3 Å². The molecule has 0 saturated heterocycles. The Bertz CT molecular complexity index is 547. The van der Waals surface area contributed by atoms with Gasteiger partial charge in [-0.15, -0.1) is 0 Å². The van der Waals surface area contributed by atoms with Crippen LogP contribution in [-0.4, -0.2) is 7.11 Å². The first kappa shape index (κ1) is 12.0. The van der Waals surface area contributed by atoms with Crippen molar-refractivity contribution in [2.45, 2.75) is 33.1 Å². The molecule has 0 aliphatic rings. The van der Waals surface area contributed by atoms with Crippen molar-refractivity contribution in [3.05, 3.63) is 41.5 Å². The average molecular weight is 228 g/mol. The first-order chi connectivity index (χ1) is 7.95. The second kappa shape index (κ2) is 4.06. The molecule has 2 rings (SSSR count). The summed E-state index contributed by atoms with van der Waals surface area (Å²) in [6.45, 7) is 8.90. The van der Waals surface area contributed by atoms with Crippen LogP contribution in [0.25, 0.3) is 10.8 Å². The monoisotopic (exact) mass is 228 g/mol. The molecule has 0 aliphatic heterocycles. The van der Waals surface area contributed by atoms with Crippen LogP contribution in [0.4, 0.5) is 0 Å². The lowest BCUT2D eigenvalue weighted by Gasteiger charge is -2.25. The van der Waals surface area contributed by atoms with Gasteiger partial charge < -0.3 is 4.74 Å². The topological polar surface area (TPSA) is 9.23 Å². The standard InChI is InChI=1S/C16H20O/c1-11-14(17-5)10-12-8-6-7-9-13(12)15(11)16(2,3)4/h6-10H,1-5H3. The van der Waals surface area contributed by atoms with Gasteiger partial charge in [0.05, 0.1) is 7.11 Å². The van der Waals surface area contributed by atoms with E-state index >= 15 is 0 Å². The zero-order valence-corrected chi connectivity index (χ0v) is 11.3. The molecule has 2 aromatic carbocycles. The second-order valence-electron chi connectivity index (χ2n) is 5.55. The highest BCUT2D eigenvalue weighted by Crippen LogP contribution is 2.37. The summed E-state index contributed by atoms with van der Waals surface area (Å²) in [6.07, 6.45) is 0. The van der Waals surface area contributed by atoms with Gasteiger partial charge in [-0.25, -0.2) is 0 Å². The van der Waals surface area contributed by atoms with Crippen molar-refractivity contribution in [2.75, 3.05) is 7.11 Å². The number of methoxy groups -OCH3 is 1. The summed E-state index contributed by atoms with van der Waals surface area (Å²) in [5.74, 6) is 0.980. The highest BCUT2D eigenvalue weighted by molar-refractivity contribution is 5.89. The van der Waals surface area contributed by atoms with Crippen LogP contribution in [0.15, 0.2) is 30.3 Å². The zero-order valence-electron chi connectivity index (χ0n) is 11.3. The molecule has 1 heteroatoms. The fraction of sp³-hybridized carbons (Fsp3) is 0.375. The van der Waals surface area contributed by atoms with Crippen molar-refractivity contribution >= 4 is 10.8 Å². The molecule has 0 bridgehead atoms. The highest BCUT2D eigenvalue weighted by atomic mass is 16.5. The predicted octanol–water partition coefficient (Wildman–Crippen LogP) is 4.45. The summed E-state index contributed by atoms with van der Waals surface area (Å²) >= 11 is 0. The fourth-order valence-electron chi connectivity index (χ4n) is 2.60. The molecule has 17 heavy (non-hydrogen) atoms. The van der Waals surface area contributed by atoms with E-state index in [9.17, 15) is 0 Å². The molecule has 0 amide bonds. The Morgan fingerprint density at radius 1 is 1.06 bits per heavy atom. The minimum atomic E-state index is 0.123. The summed E-state index contributed by atoms with van der Waals surface area (Å²) in [4.78, 5) is 0. The maximum absolute atomic E-state index is 5.49. The van der Waals surface area contributed by atoms with E-state index in [4.69, 9.17) is 4.74 Å². The van der Waals surface area contributed by atoms with Crippen molar-refractivity contribution < 1.29 is 4.74 Å². The third-order valence-corrected chi connectivity index (χ3v) is 3.23. The molecule has 0 heterocycles. The molecule has 90 valence electrons. The van der Waals surface area contributed by atoms with Crippen LogP contribution in [0.5, 0.6) is 5.75 Å². The first-order valence-electron chi connectivity index (χ1n) is 6.02. The molecular formula is C16H20O. The van der Waals surface area contributed by atoms with E-state index < -0.39 is 0 Å². The van der Waals surface area contributed by atoms with Gasteiger partial charge >= 0.3 is 0 Å². The lowest BCUT2D eigenvalue weighted by atomic mass is 9.80. The maximum atomic E-state index is 5.49. The van der Waals surface area contributed by atoms with Crippen LogP contribution in [-0.2, 0) is 5.41 Å². The number of hydrogen-bond acceptors (Lipinski definition) is 1. The molecule has 0 fully saturated rings. The van der Waals surface area contributed by atoms with Crippen molar-refractivity contribution in [3.8, 4) is 5.75 Å². The molecule has 0 aromatic heterocycles. The number of fused-ring (bicyclic) bond motifs is 1. The van der Waals surface area contributed by atoms with E-state index in [2.05, 4.69) is 58.0 Å². The molecule has 0 spiro atoms. The van der Waals surface area contributed by atoms with Gasteiger partial charge in [0, 0.05) is 0 Å². The molecule has 2 aromatic rings. The van der Waals surface area contributed by atoms with E-state index in [1.807, 2.05) is 0 Å². The summed E-state index contributed by atoms with van der Waals surface area (Å²) in [6, 6.07) is 10.6. The highest BCUT2D eigenvalue weighted by Gasteiger charge is 2.21. The van der Waals surface area contributed by atoms with Crippen LogP contribution in [0, 0.1) is 6.92 Å². The van der Waals surface area contributed by atoms with E-state index in [1.165, 1.54) is 21.9 Å². The third kappa shape index (κ3) is 2.02. The number of rotatable bonds is 1. The normalized spacial score (nSPS) is 11.8. The van der Waals surface area contributed by atoms with Gasteiger partial charge in [0.1, 0.15) is 5.75 Å². The van der Waals surface area contributed by atoms with Crippen LogP contribution in [0.2, 0.25) is 0 Å². The number of benzene rings is 2. The Labute approximate surface area is 103 Å². The van der Waals surface area contributed by atoms with Crippen LogP contribution in [0.1, 0.15) is 31.9 Å². The van der Waals surface area contributed by atoms with E-state index in [1.54, 1.807) is 7.11 Å².